The van der Waals surface area contributed by atoms with E-state index in [1.54, 1.807) is 0 Å². The molecule has 1 aliphatic heterocycles. The number of para-hydroxylation sites is 2. The molecule has 0 spiro atoms. The fourth-order valence-electron chi connectivity index (χ4n) is 6.51. The Morgan fingerprint density at radius 3 is 1.62 bits per heavy atom. The van der Waals surface area contributed by atoms with Crippen LogP contribution in [0.25, 0.3) is 0 Å². The zero-order valence-corrected chi connectivity index (χ0v) is 25.2. The largest absolute Gasteiger partial charge is 0.491 e. The molecule has 2 N–H and O–H groups in total. The summed E-state index contributed by atoms with van der Waals surface area (Å²) in [6.45, 7) is 12.3. The van der Waals surface area contributed by atoms with Crippen LogP contribution in [0.1, 0.15) is 50.1 Å². The molecular formula is C36H39NO5. The lowest BCUT2D eigenvalue weighted by molar-refractivity contribution is -0.120. The van der Waals surface area contributed by atoms with Crippen molar-refractivity contribution in [3.8, 4) is 11.5 Å². The number of rotatable bonds is 9. The summed E-state index contributed by atoms with van der Waals surface area (Å²) in [6.07, 6.45) is 0. The number of nitrogens with zero attached hydrogens (tertiary/aromatic N) is 1. The summed E-state index contributed by atoms with van der Waals surface area (Å²) in [6, 6.07) is 22.0. The van der Waals surface area contributed by atoms with Crippen LogP contribution in [0.3, 0.4) is 0 Å². The fraction of sp³-hybridized carbons (Fsp3) is 0.306. The monoisotopic (exact) mass is 565 g/mol. The SMILES string of the molecule is Cc1cc(C2(c3cc(C)c(OCCO)c(C)c3C)C(=O)N(c3ccccc3)c3ccccc32)c(C)c(C)c1OCCO. The van der Waals surface area contributed by atoms with E-state index in [4.69, 9.17) is 9.47 Å². The molecule has 0 aromatic heterocycles. The van der Waals surface area contributed by atoms with Gasteiger partial charge in [-0.3, -0.25) is 9.69 Å². The number of hydrogen-bond acceptors (Lipinski definition) is 5. The number of amides is 1. The average Bonchev–Trinajstić information content (AvgIpc) is 3.25. The molecule has 5 rings (SSSR count). The normalized spacial score (nSPS) is 13.8. The van der Waals surface area contributed by atoms with Gasteiger partial charge in [-0.2, -0.15) is 0 Å². The molecule has 6 nitrogen and oxygen atoms in total. The number of fused-ring (bicyclic) bond motifs is 1. The maximum atomic E-state index is 15.3. The van der Waals surface area contributed by atoms with Crippen molar-refractivity contribution in [1.29, 1.82) is 0 Å². The minimum atomic E-state index is -1.16. The maximum absolute atomic E-state index is 15.3. The first-order valence-corrected chi connectivity index (χ1v) is 14.4. The molecule has 0 atom stereocenters. The average molecular weight is 566 g/mol. The first-order valence-electron chi connectivity index (χ1n) is 14.4. The molecule has 0 saturated heterocycles. The van der Waals surface area contributed by atoms with Crippen LogP contribution < -0.4 is 14.4 Å². The number of hydrogen-bond donors (Lipinski definition) is 2. The Bertz CT molecular complexity index is 1570. The van der Waals surface area contributed by atoms with Gasteiger partial charge in [-0.25, -0.2) is 0 Å². The summed E-state index contributed by atoms with van der Waals surface area (Å²) >= 11 is 0. The second-order valence-electron chi connectivity index (χ2n) is 11.0. The van der Waals surface area contributed by atoms with Gasteiger partial charge < -0.3 is 19.7 Å². The third kappa shape index (κ3) is 4.46. The van der Waals surface area contributed by atoms with Crippen molar-refractivity contribution in [2.24, 2.45) is 0 Å². The van der Waals surface area contributed by atoms with E-state index < -0.39 is 5.41 Å². The van der Waals surface area contributed by atoms with E-state index in [1.807, 2.05) is 95.0 Å². The van der Waals surface area contributed by atoms with Crippen molar-refractivity contribution in [3.63, 3.8) is 0 Å². The van der Waals surface area contributed by atoms with Gasteiger partial charge in [0.25, 0.3) is 5.91 Å². The minimum Gasteiger partial charge on any atom is -0.491 e. The molecule has 0 aliphatic carbocycles. The highest BCUT2D eigenvalue weighted by molar-refractivity contribution is 6.17. The molecule has 1 heterocycles. The predicted octanol–water partition coefficient (Wildman–Crippen LogP) is 6.29. The minimum absolute atomic E-state index is 0.0493. The zero-order chi connectivity index (χ0) is 30.2. The molecule has 1 aliphatic rings. The van der Waals surface area contributed by atoms with E-state index in [2.05, 4.69) is 18.2 Å². The van der Waals surface area contributed by atoms with Gasteiger partial charge in [0.05, 0.1) is 18.9 Å². The highest BCUT2D eigenvalue weighted by Crippen LogP contribution is 2.56. The summed E-state index contributed by atoms with van der Waals surface area (Å²) in [5, 5.41) is 18.9. The molecule has 1 amide bonds. The predicted molar refractivity (Wildman–Crippen MR) is 166 cm³/mol. The van der Waals surface area contributed by atoms with E-state index >= 15 is 4.79 Å². The van der Waals surface area contributed by atoms with Gasteiger partial charge >= 0.3 is 0 Å². The Hall–Kier alpha value is -4.13. The second-order valence-corrected chi connectivity index (χ2v) is 11.0. The Balaban J connectivity index is 1.91. The Labute approximate surface area is 248 Å². The lowest BCUT2D eigenvalue weighted by Gasteiger charge is -2.35. The van der Waals surface area contributed by atoms with E-state index in [9.17, 15) is 10.2 Å². The van der Waals surface area contributed by atoms with Gasteiger partial charge in [0.15, 0.2) is 0 Å². The van der Waals surface area contributed by atoms with Crippen molar-refractivity contribution < 1.29 is 24.5 Å². The zero-order valence-electron chi connectivity index (χ0n) is 25.2. The Morgan fingerprint density at radius 2 is 1.12 bits per heavy atom. The number of anilines is 2. The van der Waals surface area contributed by atoms with Crippen molar-refractivity contribution in [2.45, 2.75) is 47.0 Å². The van der Waals surface area contributed by atoms with Gasteiger partial charge in [0, 0.05) is 11.3 Å². The third-order valence-electron chi connectivity index (χ3n) is 8.62. The van der Waals surface area contributed by atoms with Crippen LogP contribution in [0.2, 0.25) is 0 Å². The number of aliphatic hydroxyl groups is 2. The molecule has 0 bridgehead atoms. The summed E-state index contributed by atoms with van der Waals surface area (Å²) < 4.78 is 11.9. The van der Waals surface area contributed by atoms with E-state index in [1.165, 1.54) is 0 Å². The fourth-order valence-corrected chi connectivity index (χ4v) is 6.51. The van der Waals surface area contributed by atoms with E-state index in [-0.39, 0.29) is 32.3 Å². The molecule has 4 aromatic rings. The van der Waals surface area contributed by atoms with Crippen molar-refractivity contribution in [3.05, 3.63) is 117 Å². The second kappa shape index (κ2) is 11.6. The summed E-state index contributed by atoms with van der Waals surface area (Å²) in [5.74, 6) is 1.42. The molecule has 4 aromatic carbocycles. The molecule has 0 fully saturated rings. The lowest BCUT2D eigenvalue weighted by atomic mass is 9.66. The molecule has 0 unspecified atom stereocenters. The van der Waals surface area contributed by atoms with Gasteiger partial charge in [0.1, 0.15) is 30.1 Å². The van der Waals surface area contributed by atoms with Crippen LogP contribution in [0.15, 0.2) is 66.7 Å². The van der Waals surface area contributed by atoms with Gasteiger partial charge in [-0.1, -0.05) is 48.5 Å². The molecule has 6 heteroatoms. The van der Waals surface area contributed by atoms with Gasteiger partial charge in [0.2, 0.25) is 0 Å². The van der Waals surface area contributed by atoms with Crippen molar-refractivity contribution >= 4 is 17.3 Å². The standard InChI is InChI=1S/C36H39NO5/c1-22-20-30(24(3)26(5)33(22)41-18-16-38)36(31-21-23(2)34(42-19-17-39)27(6)25(31)4)29-14-10-11-15-32(29)37(35(36)40)28-12-8-7-9-13-28/h7-15,20-21,38-39H,16-19H2,1-6H3. The third-order valence-corrected chi connectivity index (χ3v) is 8.62. The molecule has 218 valence electrons. The lowest BCUT2D eigenvalue weighted by Crippen LogP contribution is -2.42. The maximum Gasteiger partial charge on any atom is 0.251 e. The van der Waals surface area contributed by atoms with Crippen molar-refractivity contribution in [1.82, 2.24) is 0 Å². The van der Waals surface area contributed by atoms with Gasteiger partial charge in [-0.15, -0.1) is 0 Å². The first-order chi connectivity index (χ1) is 20.2. The molecular weight excluding hydrogens is 526 g/mol. The number of aliphatic hydroxyl groups excluding tert-OH is 2. The van der Waals surface area contributed by atoms with Crippen LogP contribution in [-0.4, -0.2) is 42.5 Å². The Morgan fingerprint density at radius 1 is 0.643 bits per heavy atom. The number of benzene rings is 4. The van der Waals surface area contributed by atoms with Crippen molar-refractivity contribution in [2.75, 3.05) is 31.3 Å². The van der Waals surface area contributed by atoms with Crippen LogP contribution >= 0.6 is 0 Å². The number of ether oxygens (including phenoxy) is 2. The van der Waals surface area contributed by atoms with Crippen LogP contribution in [0.4, 0.5) is 11.4 Å². The Kier molecular flexibility index (Phi) is 8.13. The number of carbonyl (C=O) groups excluding carboxylic acids is 1. The van der Waals surface area contributed by atoms with Crippen LogP contribution in [0, 0.1) is 41.5 Å². The van der Waals surface area contributed by atoms with E-state index in [0.717, 1.165) is 72.9 Å². The first kappa shape index (κ1) is 29.4. The highest BCUT2D eigenvalue weighted by Gasteiger charge is 2.55. The van der Waals surface area contributed by atoms with E-state index in [0.29, 0.717) is 0 Å². The number of aryl methyl sites for hydroxylation is 2. The van der Waals surface area contributed by atoms with Gasteiger partial charge in [-0.05, 0) is 104 Å². The van der Waals surface area contributed by atoms with Crippen LogP contribution in [0.5, 0.6) is 11.5 Å². The quantitative estimate of drug-likeness (QED) is 0.249. The van der Waals surface area contributed by atoms with Crippen LogP contribution in [-0.2, 0) is 10.2 Å². The summed E-state index contributed by atoms with van der Waals surface area (Å²) in [7, 11) is 0. The highest BCUT2D eigenvalue weighted by atomic mass is 16.5. The number of carbonyl (C=O) groups is 1. The molecule has 42 heavy (non-hydrogen) atoms. The summed E-state index contributed by atoms with van der Waals surface area (Å²) in [5.41, 5.74) is 8.81. The summed E-state index contributed by atoms with van der Waals surface area (Å²) in [4.78, 5) is 17.2. The smallest absolute Gasteiger partial charge is 0.251 e. The molecule has 0 radical (unpaired) electrons. The topological polar surface area (TPSA) is 79.2 Å². The molecule has 0 saturated carbocycles.